The van der Waals surface area contributed by atoms with Crippen molar-refractivity contribution in [3.8, 4) is 0 Å². The maximum absolute atomic E-state index is 12.2. The van der Waals surface area contributed by atoms with Gasteiger partial charge in [0.2, 0.25) is 5.91 Å². The van der Waals surface area contributed by atoms with Crippen LogP contribution < -0.4 is 5.32 Å². The summed E-state index contributed by atoms with van der Waals surface area (Å²) in [6.07, 6.45) is 2.58. The zero-order valence-electron chi connectivity index (χ0n) is 11.5. The molecule has 18 heavy (non-hydrogen) atoms. The molecule has 1 atom stereocenters. The fourth-order valence-electron chi connectivity index (χ4n) is 2.29. The van der Waals surface area contributed by atoms with Gasteiger partial charge in [-0.05, 0) is 52.6 Å². The van der Waals surface area contributed by atoms with E-state index in [9.17, 15) is 9.59 Å². The molecule has 1 aliphatic rings. The molecular formula is C13H24N2O3. The standard InChI is InChI=1S/C13H24N2O3/c1-13(2,3)15(9-12(17)18)11(16)7-10-5-4-6-14-8-10/h10,14H,4-9H2,1-3H3,(H,17,18). The van der Waals surface area contributed by atoms with Crippen LogP contribution in [0.15, 0.2) is 0 Å². The lowest BCUT2D eigenvalue weighted by Crippen LogP contribution is -2.49. The van der Waals surface area contributed by atoms with Gasteiger partial charge in [-0.3, -0.25) is 9.59 Å². The fraction of sp³-hybridized carbons (Fsp3) is 0.846. The summed E-state index contributed by atoms with van der Waals surface area (Å²) in [6.45, 7) is 7.26. The molecule has 1 amide bonds. The van der Waals surface area contributed by atoms with Crippen LogP contribution in [0, 0.1) is 5.92 Å². The molecule has 1 rings (SSSR count). The molecule has 0 radical (unpaired) electrons. The lowest BCUT2D eigenvalue weighted by molar-refractivity contribution is -0.148. The number of carboxylic acids is 1. The number of hydrogen-bond acceptors (Lipinski definition) is 3. The summed E-state index contributed by atoms with van der Waals surface area (Å²) in [5, 5.41) is 12.2. The number of amides is 1. The van der Waals surface area contributed by atoms with Crippen LogP contribution in [0.25, 0.3) is 0 Å². The number of hydrogen-bond donors (Lipinski definition) is 2. The van der Waals surface area contributed by atoms with E-state index in [1.807, 2.05) is 20.8 Å². The van der Waals surface area contributed by atoms with Gasteiger partial charge in [-0.25, -0.2) is 0 Å². The maximum atomic E-state index is 12.2. The fourth-order valence-corrected chi connectivity index (χ4v) is 2.29. The van der Waals surface area contributed by atoms with Crippen molar-refractivity contribution in [3.63, 3.8) is 0 Å². The summed E-state index contributed by atoms with van der Waals surface area (Å²) in [5.41, 5.74) is -0.447. The Bertz CT molecular complexity index is 304. The third-order valence-corrected chi connectivity index (χ3v) is 3.27. The lowest BCUT2D eigenvalue weighted by atomic mass is 9.94. The van der Waals surface area contributed by atoms with Crippen molar-refractivity contribution in [1.82, 2.24) is 10.2 Å². The minimum Gasteiger partial charge on any atom is -0.480 e. The van der Waals surface area contributed by atoms with E-state index in [4.69, 9.17) is 5.11 Å². The second-order valence-electron chi connectivity index (χ2n) is 5.96. The summed E-state index contributed by atoms with van der Waals surface area (Å²) >= 11 is 0. The monoisotopic (exact) mass is 256 g/mol. The summed E-state index contributed by atoms with van der Waals surface area (Å²) in [4.78, 5) is 24.5. The molecule has 2 N–H and O–H groups in total. The van der Waals surface area contributed by atoms with Crippen molar-refractivity contribution in [2.24, 2.45) is 5.92 Å². The van der Waals surface area contributed by atoms with Crippen molar-refractivity contribution in [2.45, 2.75) is 45.6 Å². The number of rotatable bonds is 4. The van der Waals surface area contributed by atoms with Gasteiger partial charge >= 0.3 is 5.97 Å². The number of carboxylic acid groups (broad SMARTS) is 1. The second kappa shape index (κ2) is 6.18. The Labute approximate surface area is 109 Å². The Morgan fingerprint density at radius 2 is 2.06 bits per heavy atom. The molecule has 1 fully saturated rings. The molecule has 0 aliphatic carbocycles. The minimum atomic E-state index is -0.958. The Morgan fingerprint density at radius 1 is 1.39 bits per heavy atom. The molecule has 1 unspecified atom stereocenters. The molecule has 1 heterocycles. The smallest absolute Gasteiger partial charge is 0.323 e. The molecule has 0 bridgehead atoms. The van der Waals surface area contributed by atoms with Crippen LogP contribution in [0.1, 0.15) is 40.0 Å². The number of carbonyl (C=O) groups is 2. The zero-order valence-corrected chi connectivity index (χ0v) is 11.5. The van der Waals surface area contributed by atoms with Crippen LogP contribution in [-0.2, 0) is 9.59 Å². The van der Waals surface area contributed by atoms with Crippen LogP contribution in [0.3, 0.4) is 0 Å². The van der Waals surface area contributed by atoms with Gasteiger partial charge in [-0.2, -0.15) is 0 Å². The second-order valence-corrected chi connectivity index (χ2v) is 5.96. The highest BCUT2D eigenvalue weighted by Crippen LogP contribution is 2.20. The lowest BCUT2D eigenvalue weighted by Gasteiger charge is -2.36. The van der Waals surface area contributed by atoms with Crippen LogP contribution >= 0.6 is 0 Å². The first-order chi connectivity index (χ1) is 8.30. The molecule has 0 aromatic rings. The molecular weight excluding hydrogens is 232 g/mol. The average molecular weight is 256 g/mol. The average Bonchev–Trinajstić information content (AvgIpc) is 2.25. The van der Waals surface area contributed by atoms with Crippen LogP contribution in [-0.4, -0.2) is 47.1 Å². The van der Waals surface area contributed by atoms with Gasteiger partial charge in [0.25, 0.3) is 0 Å². The molecule has 1 aliphatic heterocycles. The highest BCUT2D eigenvalue weighted by Gasteiger charge is 2.30. The van der Waals surface area contributed by atoms with Gasteiger partial charge < -0.3 is 15.3 Å². The van der Waals surface area contributed by atoms with Gasteiger partial charge in [-0.15, -0.1) is 0 Å². The predicted molar refractivity (Wildman–Crippen MR) is 69.3 cm³/mol. The molecule has 5 heteroatoms. The molecule has 5 nitrogen and oxygen atoms in total. The molecule has 104 valence electrons. The summed E-state index contributed by atoms with van der Waals surface area (Å²) in [7, 11) is 0. The molecule has 1 saturated heterocycles. The third-order valence-electron chi connectivity index (χ3n) is 3.27. The topological polar surface area (TPSA) is 69.6 Å². The van der Waals surface area contributed by atoms with Crippen LogP contribution in [0.5, 0.6) is 0 Å². The van der Waals surface area contributed by atoms with E-state index >= 15 is 0 Å². The Balaban J connectivity index is 2.61. The van der Waals surface area contributed by atoms with Gasteiger partial charge in [0.1, 0.15) is 6.54 Å². The quantitative estimate of drug-likeness (QED) is 0.790. The number of nitrogens with zero attached hydrogens (tertiary/aromatic N) is 1. The Hall–Kier alpha value is -1.10. The van der Waals surface area contributed by atoms with E-state index in [1.165, 1.54) is 4.90 Å². The largest absolute Gasteiger partial charge is 0.480 e. The first kappa shape index (κ1) is 15.0. The van der Waals surface area contributed by atoms with Gasteiger partial charge in [0, 0.05) is 12.0 Å². The summed E-state index contributed by atoms with van der Waals surface area (Å²) in [5.74, 6) is -0.677. The van der Waals surface area contributed by atoms with Crippen molar-refractivity contribution >= 4 is 11.9 Å². The number of nitrogens with one attached hydrogen (secondary N) is 1. The maximum Gasteiger partial charge on any atom is 0.323 e. The van der Waals surface area contributed by atoms with Gasteiger partial charge in [-0.1, -0.05) is 0 Å². The Kier molecular flexibility index (Phi) is 5.14. The summed E-state index contributed by atoms with van der Waals surface area (Å²) < 4.78 is 0. The highest BCUT2D eigenvalue weighted by molar-refractivity contribution is 5.82. The number of aliphatic carboxylic acids is 1. The van der Waals surface area contributed by atoms with E-state index in [0.29, 0.717) is 12.3 Å². The summed E-state index contributed by atoms with van der Waals surface area (Å²) in [6, 6.07) is 0. The van der Waals surface area contributed by atoms with Crippen LogP contribution in [0.2, 0.25) is 0 Å². The minimum absolute atomic E-state index is 0.0569. The van der Waals surface area contributed by atoms with E-state index < -0.39 is 11.5 Å². The van der Waals surface area contributed by atoms with Crippen LogP contribution in [0.4, 0.5) is 0 Å². The van der Waals surface area contributed by atoms with E-state index in [2.05, 4.69) is 5.32 Å². The first-order valence-electron chi connectivity index (χ1n) is 6.53. The van der Waals surface area contributed by atoms with Crippen molar-refractivity contribution < 1.29 is 14.7 Å². The molecule has 0 aromatic carbocycles. The normalized spacial score (nSPS) is 20.5. The Morgan fingerprint density at radius 3 is 2.50 bits per heavy atom. The van der Waals surface area contributed by atoms with E-state index in [-0.39, 0.29) is 12.5 Å². The highest BCUT2D eigenvalue weighted by atomic mass is 16.4. The molecule has 0 aromatic heterocycles. The molecule has 0 spiro atoms. The van der Waals surface area contributed by atoms with E-state index in [1.54, 1.807) is 0 Å². The first-order valence-corrected chi connectivity index (χ1v) is 6.53. The van der Waals surface area contributed by atoms with Gasteiger partial charge in [0.05, 0.1) is 0 Å². The van der Waals surface area contributed by atoms with Gasteiger partial charge in [0.15, 0.2) is 0 Å². The molecule has 0 saturated carbocycles. The zero-order chi connectivity index (χ0) is 13.8. The van der Waals surface area contributed by atoms with Crippen molar-refractivity contribution in [3.05, 3.63) is 0 Å². The third kappa shape index (κ3) is 4.64. The SMILES string of the molecule is CC(C)(C)N(CC(=O)O)C(=O)CC1CCCNC1. The van der Waals surface area contributed by atoms with Crippen molar-refractivity contribution in [1.29, 1.82) is 0 Å². The number of carbonyl (C=O) groups excluding carboxylic acids is 1. The number of piperidine rings is 1. The van der Waals surface area contributed by atoms with E-state index in [0.717, 1.165) is 25.9 Å². The van der Waals surface area contributed by atoms with Crippen molar-refractivity contribution in [2.75, 3.05) is 19.6 Å². The predicted octanol–water partition coefficient (Wildman–Crippen LogP) is 1.09.